The third-order valence-corrected chi connectivity index (χ3v) is 9.57. The van der Waals surface area contributed by atoms with Gasteiger partial charge in [0.1, 0.15) is 0 Å². The van der Waals surface area contributed by atoms with Gasteiger partial charge in [0.15, 0.2) is 0 Å². The van der Waals surface area contributed by atoms with Crippen molar-refractivity contribution in [1.82, 2.24) is 0 Å². The maximum Gasteiger partial charge on any atom is 0.0701 e. The van der Waals surface area contributed by atoms with Gasteiger partial charge in [-0.2, -0.15) is 0 Å². The Labute approximate surface area is 180 Å². The normalized spacial score (nSPS) is 42.0. The maximum absolute atomic E-state index is 9.22. The lowest BCUT2D eigenvalue weighted by atomic mass is 9.55. The summed E-state index contributed by atoms with van der Waals surface area (Å²) in [5, 5.41) is 9.22. The fourth-order valence-electron chi connectivity index (χ4n) is 8.20. The van der Waals surface area contributed by atoms with Crippen LogP contribution in [0.2, 0.25) is 0 Å². The number of nitrogens with zero attached hydrogens (tertiary/aromatic N) is 1. The van der Waals surface area contributed by atoms with Crippen LogP contribution in [0.1, 0.15) is 68.9 Å². The van der Waals surface area contributed by atoms with Gasteiger partial charge in [-0.25, -0.2) is 0 Å². The first kappa shape index (κ1) is 19.6. The van der Waals surface area contributed by atoms with Crippen molar-refractivity contribution in [3.05, 3.63) is 29.3 Å². The molecule has 2 heterocycles. The van der Waals surface area contributed by atoms with Gasteiger partial charge in [0.2, 0.25) is 0 Å². The van der Waals surface area contributed by atoms with Gasteiger partial charge < -0.3 is 19.5 Å². The van der Waals surface area contributed by atoms with Crippen LogP contribution >= 0.6 is 0 Å². The van der Waals surface area contributed by atoms with E-state index in [1.165, 1.54) is 57.1 Å². The Hall–Kier alpha value is -1.10. The zero-order chi connectivity index (χ0) is 20.3. The van der Waals surface area contributed by atoms with Crippen LogP contribution in [0.15, 0.2) is 18.2 Å². The van der Waals surface area contributed by atoms with E-state index in [0.717, 1.165) is 31.0 Å². The first-order chi connectivity index (χ1) is 14.7. The molecule has 5 aliphatic rings. The Morgan fingerprint density at radius 1 is 1.10 bits per heavy atom. The number of fused-ring (bicyclic) bond motifs is 7. The SMILES string of the molecule is CC12CCC3c4ccc(N5C6CCC5COC6)cc4CCC3C1CCC2OCCO. The molecule has 2 saturated heterocycles. The number of benzene rings is 1. The van der Waals surface area contributed by atoms with Crippen LogP contribution in [0.3, 0.4) is 0 Å². The van der Waals surface area contributed by atoms with Crippen LogP contribution in [0, 0.1) is 17.3 Å². The van der Waals surface area contributed by atoms with Crippen LogP contribution in [-0.4, -0.2) is 49.7 Å². The molecule has 1 aromatic rings. The van der Waals surface area contributed by atoms with Gasteiger partial charge in [-0.3, -0.25) is 0 Å². The fourth-order valence-corrected chi connectivity index (χ4v) is 8.20. The lowest BCUT2D eigenvalue weighted by Gasteiger charge is -2.51. The molecule has 30 heavy (non-hydrogen) atoms. The second kappa shape index (κ2) is 7.50. The number of aryl methyl sites for hydroxylation is 1. The van der Waals surface area contributed by atoms with Crippen LogP contribution in [-0.2, 0) is 15.9 Å². The predicted molar refractivity (Wildman–Crippen MR) is 118 cm³/mol. The molecule has 3 aliphatic carbocycles. The van der Waals surface area contributed by atoms with E-state index in [9.17, 15) is 5.11 Å². The molecular formula is C26H37NO3. The molecule has 4 nitrogen and oxygen atoms in total. The smallest absolute Gasteiger partial charge is 0.0701 e. The van der Waals surface area contributed by atoms with Crippen LogP contribution in [0.5, 0.6) is 0 Å². The molecule has 1 N–H and O–H groups in total. The molecule has 0 radical (unpaired) electrons. The Kier molecular flexibility index (Phi) is 4.89. The standard InChI is InChI=1S/C26H37NO3/c1-26-11-10-22-21-7-5-18(27-19-3-4-20(27)16-29-15-19)14-17(21)2-6-23(22)24(26)8-9-25(26)30-13-12-28/h5,7,14,19-20,22-25,28H,2-4,6,8-13,15-16H2,1H3. The van der Waals surface area contributed by atoms with Gasteiger partial charge in [-0.15, -0.1) is 0 Å². The number of aliphatic hydroxyl groups is 1. The van der Waals surface area contributed by atoms with Crippen molar-refractivity contribution in [1.29, 1.82) is 0 Å². The van der Waals surface area contributed by atoms with Crippen LogP contribution < -0.4 is 4.90 Å². The van der Waals surface area contributed by atoms with Crippen molar-refractivity contribution in [2.24, 2.45) is 17.3 Å². The summed E-state index contributed by atoms with van der Waals surface area (Å²) in [4.78, 5) is 2.67. The van der Waals surface area contributed by atoms with Crippen molar-refractivity contribution in [2.45, 2.75) is 82.4 Å². The zero-order valence-corrected chi connectivity index (χ0v) is 18.4. The Bertz CT molecular complexity index is 780. The monoisotopic (exact) mass is 411 g/mol. The van der Waals surface area contributed by atoms with Crippen molar-refractivity contribution in [3.8, 4) is 0 Å². The molecule has 0 spiro atoms. The number of rotatable bonds is 4. The van der Waals surface area contributed by atoms with Gasteiger partial charge in [-0.05, 0) is 97.8 Å². The highest BCUT2D eigenvalue weighted by Crippen LogP contribution is 2.61. The number of hydrogen-bond acceptors (Lipinski definition) is 4. The number of anilines is 1. The summed E-state index contributed by atoms with van der Waals surface area (Å²) in [6, 6.07) is 8.63. The summed E-state index contributed by atoms with van der Waals surface area (Å²) >= 11 is 0. The molecule has 2 saturated carbocycles. The quantitative estimate of drug-likeness (QED) is 0.803. The number of ether oxygens (including phenoxy) is 2. The fraction of sp³-hybridized carbons (Fsp3) is 0.769. The number of morpholine rings is 1. The molecule has 1 aromatic carbocycles. The molecule has 7 atom stereocenters. The summed E-state index contributed by atoms with van der Waals surface area (Å²) in [6.07, 6.45) is 10.5. The van der Waals surface area contributed by atoms with Crippen LogP contribution in [0.4, 0.5) is 5.69 Å². The van der Waals surface area contributed by atoms with Crippen molar-refractivity contribution >= 4 is 5.69 Å². The molecular weight excluding hydrogens is 374 g/mol. The average molecular weight is 412 g/mol. The Balaban J connectivity index is 1.24. The Morgan fingerprint density at radius 3 is 2.73 bits per heavy atom. The summed E-state index contributed by atoms with van der Waals surface area (Å²) in [7, 11) is 0. The summed E-state index contributed by atoms with van der Waals surface area (Å²) in [5.41, 5.74) is 5.02. The maximum atomic E-state index is 9.22. The minimum Gasteiger partial charge on any atom is -0.394 e. The van der Waals surface area contributed by atoms with Gasteiger partial charge in [-0.1, -0.05) is 13.0 Å². The number of hydrogen-bond donors (Lipinski definition) is 1. The molecule has 164 valence electrons. The third-order valence-electron chi connectivity index (χ3n) is 9.57. The largest absolute Gasteiger partial charge is 0.394 e. The second-order valence-electron chi connectivity index (χ2n) is 10.8. The summed E-state index contributed by atoms with van der Waals surface area (Å²) in [5.74, 6) is 2.33. The van der Waals surface area contributed by atoms with E-state index >= 15 is 0 Å². The molecule has 4 heteroatoms. The van der Waals surface area contributed by atoms with Crippen molar-refractivity contribution in [3.63, 3.8) is 0 Å². The topological polar surface area (TPSA) is 41.9 Å². The highest BCUT2D eigenvalue weighted by Gasteiger charge is 2.55. The van der Waals surface area contributed by atoms with Gasteiger partial charge in [0.25, 0.3) is 0 Å². The lowest BCUT2D eigenvalue weighted by Crippen LogP contribution is -2.46. The predicted octanol–water partition coefficient (Wildman–Crippen LogP) is 4.29. The molecule has 2 bridgehead atoms. The van der Waals surface area contributed by atoms with E-state index in [-0.39, 0.29) is 6.61 Å². The van der Waals surface area contributed by atoms with E-state index < -0.39 is 0 Å². The lowest BCUT2D eigenvalue weighted by molar-refractivity contribution is -0.0710. The molecule has 7 unspecified atom stereocenters. The van der Waals surface area contributed by atoms with Gasteiger partial charge >= 0.3 is 0 Å². The Morgan fingerprint density at radius 2 is 1.93 bits per heavy atom. The molecule has 2 aliphatic heterocycles. The highest BCUT2D eigenvalue weighted by atomic mass is 16.5. The van der Waals surface area contributed by atoms with E-state index in [1.807, 2.05) is 0 Å². The average Bonchev–Trinajstić information content (AvgIpc) is 3.23. The minimum absolute atomic E-state index is 0.143. The number of aliphatic hydroxyl groups excluding tert-OH is 1. The molecule has 0 aromatic heterocycles. The van der Waals surface area contributed by atoms with E-state index in [1.54, 1.807) is 11.1 Å². The van der Waals surface area contributed by atoms with Crippen LogP contribution in [0.25, 0.3) is 0 Å². The first-order valence-electron chi connectivity index (χ1n) is 12.4. The van der Waals surface area contributed by atoms with Gasteiger partial charge in [0, 0.05) is 5.69 Å². The third kappa shape index (κ3) is 2.90. The zero-order valence-electron chi connectivity index (χ0n) is 18.4. The molecule has 0 amide bonds. The van der Waals surface area contributed by atoms with E-state index in [4.69, 9.17) is 9.47 Å². The first-order valence-corrected chi connectivity index (χ1v) is 12.4. The molecule has 4 fully saturated rings. The van der Waals surface area contributed by atoms with E-state index in [0.29, 0.717) is 30.2 Å². The van der Waals surface area contributed by atoms with E-state index in [2.05, 4.69) is 30.0 Å². The highest BCUT2D eigenvalue weighted by molar-refractivity contribution is 5.55. The second-order valence-corrected chi connectivity index (χ2v) is 10.8. The van der Waals surface area contributed by atoms with Gasteiger partial charge in [0.05, 0.1) is 44.6 Å². The summed E-state index contributed by atoms with van der Waals surface area (Å²) < 4.78 is 11.9. The molecule has 6 rings (SSSR count). The van der Waals surface area contributed by atoms with Crippen molar-refractivity contribution < 1.29 is 14.6 Å². The minimum atomic E-state index is 0.143. The summed E-state index contributed by atoms with van der Waals surface area (Å²) in [6.45, 7) is 4.92. The van der Waals surface area contributed by atoms with Crippen molar-refractivity contribution in [2.75, 3.05) is 31.3 Å².